The molecule has 1 saturated carbocycles. The molecule has 156 valence electrons. The van der Waals surface area contributed by atoms with Crippen LogP contribution in [0.1, 0.15) is 44.1 Å². The van der Waals surface area contributed by atoms with Gasteiger partial charge in [-0.2, -0.15) is 13.2 Å². The van der Waals surface area contributed by atoms with Crippen LogP contribution in [0.25, 0.3) is 0 Å². The number of hydrogen-bond donors (Lipinski definition) is 1. The van der Waals surface area contributed by atoms with Gasteiger partial charge >= 0.3 is 12.1 Å². The third-order valence-electron chi connectivity index (χ3n) is 6.16. The number of benzene rings is 1. The molecule has 4 nitrogen and oxygen atoms in total. The average Bonchev–Trinajstić information content (AvgIpc) is 2.93. The SMILES string of the molecule is O=C(NCC1(N2CCN(Cc3ccccc3)CC2)CCCCCC1)C(F)(F)F. The Kier molecular flexibility index (Phi) is 6.99. The Morgan fingerprint density at radius 2 is 1.57 bits per heavy atom. The summed E-state index contributed by atoms with van der Waals surface area (Å²) in [4.78, 5) is 16.1. The number of carbonyl (C=O) groups is 1. The van der Waals surface area contributed by atoms with E-state index >= 15 is 0 Å². The Morgan fingerprint density at radius 1 is 0.964 bits per heavy atom. The normalized spacial score (nSPS) is 21.8. The molecular weight excluding hydrogens is 367 g/mol. The number of halogens is 3. The lowest BCUT2D eigenvalue weighted by atomic mass is 9.87. The Hall–Kier alpha value is -1.60. The second-order valence-electron chi connectivity index (χ2n) is 8.07. The third kappa shape index (κ3) is 5.47. The van der Waals surface area contributed by atoms with Gasteiger partial charge in [-0.25, -0.2) is 0 Å². The summed E-state index contributed by atoms with van der Waals surface area (Å²) < 4.78 is 38.0. The van der Waals surface area contributed by atoms with Gasteiger partial charge in [-0.05, 0) is 18.4 Å². The Labute approximate surface area is 165 Å². The van der Waals surface area contributed by atoms with Crippen LogP contribution < -0.4 is 5.32 Å². The van der Waals surface area contributed by atoms with Gasteiger partial charge in [-0.3, -0.25) is 14.6 Å². The molecule has 1 amide bonds. The quantitative estimate of drug-likeness (QED) is 0.772. The number of alkyl halides is 3. The first-order chi connectivity index (χ1) is 13.4. The molecule has 0 aromatic heterocycles. The lowest BCUT2D eigenvalue weighted by Gasteiger charge is -2.48. The molecule has 0 radical (unpaired) electrons. The number of carbonyl (C=O) groups excluding carboxylic acids is 1. The topological polar surface area (TPSA) is 35.6 Å². The highest BCUT2D eigenvalue weighted by atomic mass is 19.4. The van der Waals surface area contributed by atoms with Crippen LogP contribution in [0.15, 0.2) is 30.3 Å². The van der Waals surface area contributed by atoms with Gasteiger partial charge in [-0.1, -0.05) is 56.0 Å². The molecule has 1 aromatic rings. The molecule has 7 heteroatoms. The van der Waals surface area contributed by atoms with Crippen LogP contribution in [0.3, 0.4) is 0 Å². The molecule has 3 rings (SSSR count). The third-order valence-corrected chi connectivity index (χ3v) is 6.16. The van der Waals surface area contributed by atoms with Crippen molar-refractivity contribution in [2.75, 3.05) is 32.7 Å². The van der Waals surface area contributed by atoms with Crippen LogP contribution in [0, 0.1) is 0 Å². The molecule has 28 heavy (non-hydrogen) atoms. The Bertz CT molecular complexity index is 620. The number of nitrogens with zero attached hydrogens (tertiary/aromatic N) is 2. The summed E-state index contributed by atoms with van der Waals surface area (Å²) in [6.45, 7) is 4.42. The molecule has 1 aliphatic carbocycles. The molecule has 1 N–H and O–H groups in total. The Balaban J connectivity index is 1.62. The van der Waals surface area contributed by atoms with Crippen LogP contribution in [0.2, 0.25) is 0 Å². The predicted octanol–water partition coefficient (Wildman–Crippen LogP) is 3.58. The van der Waals surface area contributed by atoms with Gasteiger partial charge in [-0.15, -0.1) is 0 Å². The molecule has 0 atom stereocenters. The first-order valence-electron chi connectivity index (χ1n) is 10.3. The van der Waals surface area contributed by atoms with Crippen molar-refractivity contribution in [1.82, 2.24) is 15.1 Å². The summed E-state index contributed by atoms with van der Waals surface area (Å²) in [6.07, 6.45) is 1.12. The van der Waals surface area contributed by atoms with Crippen molar-refractivity contribution in [3.63, 3.8) is 0 Å². The molecule has 1 saturated heterocycles. The molecular formula is C21H30F3N3O. The number of piperazine rings is 1. The lowest BCUT2D eigenvalue weighted by molar-refractivity contribution is -0.174. The van der Waals surface area contributed by atoms with Crippen LogP contribution in [-0.4, -0.2) is 60.1 Å². The fraction of sp³-hybridized carbons (Fsp3) is 0.667. The number of hydrogen-bond acceptors (Lipinski definition) is 3. The van der Waals surface area contributed by atoms with E-state index in [9.17, 15) is 18.0 Å². The monoisotopic (exact) mass is 397 g/mol. The average molecular weight is 397 g/mol. The van der Waals surface area contributed by atoms with E-state index in [2.05, 4.69) is 27.2 Å². The van der Waals surface area contributed by atoms with E-state index < -0.39 is 12.1 Å². The van der Waals surface area contributed by atoms with Gasteiger partial charge in [0.25, 0.3) is 0 Å². The van der Waals surface area contributed by atoms with Crippen LogP contribution in [0.4, 0.5) is 13.2 Å². The van der Waals surface area contributed by atoms with E-state index in [4.69, 9.17) is 0 Å². The van der Waals surface area contributed by atoms with E-state index in [0.717, 1.165) is 71.2 Å². The zero-order valence-corrected chi connectivity index (χ0v) is 16.3. The van der Waals surface area contributed by atoms with Gasteiger partial charge in [0.05, 0.1) is 0 Å². The summed E-state index contributed by atoms with van der Waals surface area (Å²) in [5, 5.41) is 2.19. The minimum atomic E-state index is -4.82. The van der Waals surface area contributed by atoms with E-state index in [1.807, 2.05) is 18.2 Å². The van der Waals surface area contributed by atoms with E-state index in [0.29, 0.717) is 0 Å². The highest BCUT2D eigenvalue weighted by molar-refractivity contribution is 5.81. The maximum atomic E-state index is 12.7. The van der Waals surface area contributed by atoms with Crippen molar-refractivity contribution in [2.45, 2.75) is 56.8 Å². The summed E-state index contributed by atoms with van der Waals surface area (Å²) in [7, 11) is 0. The van der Waals surface area contributed by atoms with Gasteiger partial charge < -0.3 is 5.32 Å². The molecule has 0 spiro atoms. The minimum Gasteiger partial charge on any atom is -0.346 e. The first-order valence-corrected chi connectivity index (χ1v) is 10.3. The van der Waals surface area contributed by atoms with Crippen LogP contribution >= 0.6 is 0 Å². The number of rotatable bonds is 5. The lowest BCUT2D eigenvalue weighted by Crippen LogP contribution is -2.61. The largest absolute Gasteiger partial charge is 0.471 e. The molecule has 2 fully saturated rings. The van der Waals surface area contributed by atoms with Gasteiger partial charge in [0.2, 0.25) is 0 Å². The molecule has 0 unspecified atom stereocenters. The summed E-state index contributed by atoms with van der Waals surface area (Å²) >= 11 is 0. The molecule has 1 aliphatic heterocycles. The fourth-order valence-corrected chi connectivity index (χ4v) is 4.56. The summed E-state index contributed by atoms with van der Waals surface area (Å²) in [5.74, 6) is -1.82. The predicted molar refractivity (Wildman–Crippen MR) is 103 cm³/mol. The Morgan fingerprint density at radius 3 is 2.14 bits per heavy atom. The molecule has 0 bridgehead atoms. The minimum absolute atomic E-state index is 0.0873. The zero-order chi connectivity index (χ0) is 20.0. The van der Waals surface area contributed by atoms with Gasteiger partial charge in [0, 0.05) is 44.8 Å². The first kappa shape index (κ1) is 21.1. The van der Waals surface area contributed by atoms with Gasteiger partial charge in [0.15, 0.2) is 0 Å². The van der Waals surface area contributed by atoms with E-state index in [1.165, 1.54) is 5.56 Å². The summed E-state index contributed by atoms with van der Waals surface area (Å²) in [6, 6.07) is 10.3. The highest BCUT2D eigenvalue weighted by Crippen LogP contribution is 2.33. The van der Waals surface area contributed by atoms with Crippen molar-refractivity contribution >= 4 is 5.91 Å². The van der Waals surface area contributed by atoms with Gasteiger partial charge in [0.1, 0.15) is 0 Å². The van der Waals surface area contributed by atoms with Crippen molar-refractivity contribution in [3.8, 4) is 0 Å². The standard InChI is InChI=1S/C21H30F3N3O/c22-21(23,24)19(28)25-17-20(10-6-1-2-7-11-20)27-14-12-26(13-15-27)16-18-8-4-3-5-9-18/h3-5,8-9H,1-2,6-7,10-17H2,(H,25,28). The summed E-state index contributed by atoms with van der Waals surface area (Å²) in [5.41, 5.74) is 0.925. The van der Waals surface area contributed by atoms with Crippen molar-refractivity contribution in [3.05, 3.63) is 35.9 Å². The van der Waals surface area contributed by atoms with Crippen molar-refractivity contribution in [2.24, 2.45) is 0 Å². The number of amides is 1. The molecule has 1 aromatic carbocycles. The fourth-order valence-electron chi connectivity index (χ4n) is 4.56. The second-order valence-corrected chi connectivity index (χ2v) is 8.07. The molecule has 1 heterocycles. The zero-order valence-electron chi connectivity index (χ0n) is 16.3. The van der Waals surface area contributed by atoms with Crippen LogP contribution in [0.5, 0.6) is 0 Å². The second kappa shape index (κ2) is 9.27. The van der Waals surface area contributed by atoms with E-state index in [1.54, 1.807) is 0 Å². The highest BCUT2D eigenvalue weighted by Gasteiger charge is 2.43. The smallest absolute Gasteiger partial charge is 0.346 e. The number of nitrogens with one attached hydrogen (secondary N) is 1. The maximum Gasteiger partial charge on any atom is 0.471 e. The van der Waals surface area contributed by atoms with Crippen molar-refractivity contribution < 1.29 is 18.0 Å². The molecule has 2 aliphatic rings. The van der Waals surface area contributed by atoms with Crippen LogP contribution in [-0.2, 0) is 11.3 Å². The maximum absolute atomic E-state index is 12.7. The van der Waals surface area contributed by atoms with Crippen molar-refractivity contribution in [1.29, 1.82) is 0 Å². The van der Waals surface area contributed by atoms with E-state index in [-0.39, 0.29) is 12.1 Å².